The summed E-state index contributed by atoms with van der Waals surface area (Å²) in [5.41, 5.74) is 0. The Balaban J connectivity index is 0. The van der Waals surface area contributed by atoms with Gasteiger partial charge in [0.1, 0.15) is 0 Å². The van der Waals surface area contributed by atoms with Crippen LogP contribution in [-0.2, 0) is 74.3 Å². The fraction of sp³-hybridized carbons (Fsp3) is 0. The topological polar surface area (TPSA) is 0 Å². The summed E-state index contributed by atoms with van der Waals surface area (Å²) in [4.78, 5) is 0. The molecule has 15 heteroatoms. The van der Waals surface area contributed by atoms with Crippen molar-refractivity contribution in [1.29, 1.82) is 0 Å². The molecular weight excluding hydrogens is 1360 g/mol. The van der Waals surface area contributed by atoms with Gasteiger partial charge in [-0.2, -0.15) is 0 Å². The first-order chi connectivity index (χ1) is 0. The Morgan fingerprint density at radius 2 is 0.267 bits per heavy atom. The molecule has 108 valence electrons. The Labute approximate surface area is 261 Å². The third-order valence-electron chi connectivity index (χ3n) is 0. The number of hydrogen-bond donors (Lipinski definition) is 0. The van der Waals surface area contributed by atoms with Crippen LogP contribution in [0, 0.1) is 0 Å². The summed E-state index contributed by atoms with van der Waals surface area (Å²) in [6.07, 6.45) is 0. The third-order valence-corrected chi connectivity index (χ3v) is 0. The van der Waals surface area contributed by atoms with Gasteiger partial charge in [-0.15, -0.1) is 0 Å². The summed E-state index contributed by atoms with van der Waals surface area (Å²) in [6, 6.07) is 0. The second-order valence-corrected chi connectivity index (χ2v) is 0. The van der Waals surface area contributed by atoms with Crippen molar-refractivity contribution in [2.24, 2.45) is 0 Å². The zero-order chi connectivity index (χ0) is 0. The van der Waals surface area contributed by atoms with Crippen molar-refractivity contribution in [3.8, 4) is 0 Å². The molecule has 0 nitrogen and oxygen atoms in total. The molecule has 0 rings (SSSR count). The van der Waals surface area contributed by atoms with Crippen molar-refractivity contribution < 1.29 is 74.3 Å². The summed E-state index contributed by atoms with van der Waals surface area (Å²) in [6.45, 7) is 0. The van der Waals surface area contributed by atoms with Gasteiger partial charge in [-0.25, -0.2) is 0 Å². The minimum Gasteiger partial charge on any atom is -2.00 e. The van der Waals surface area contributed by atoms with Gasteiger partial charge in [-0.05, 0) is 0 Å². The minimum absolute atomic E-state index is 0. The maximum Gasteiger partial charge on any atom is 3.00 e. The first-order valence-electron chi connectivity index (χ1n) is 0. The van der Waals surface area contributed by atoms with E-state index in [1.807, 2.05) is 0 Å². The van der Waals surface area contributed by atoms with E-state index in [1.165, 1.54) is 0 Å². The van der Waals surface area contributed by atoms with Crippen LogP contribution in [0.5, 0.6) is 0 Å². The summed E-state index contributed by atoms with van der Waals surface area (Å²) < 4.78 is 0. The van der Waals surface area contributed by atoms with Gasteiger partial charge in [0.25, 0.3) is 0 Å². The van der Waals surface area contributed by atoms with Crippen molar-refractivity contribution in [1.82, 2.24) is 0 Å². The largest absolute Gasteiger partial charge is 3.00 e. The molecule has 0 N–H and O–H groups in total. The van der Waals surface area contributed by atoms with Crippen LogP contribution in [0.2, 0.25) is 0 Å². The molecule has 0 saturated carbocycles. The Hall–Kier alpha value is 8.29. The molecule has 0 unspecified atom stereocenters. The maximum atomic E-state index is 0. The maximum absolute atomic E-state index is 0. The molecule has 0 heterocycles. The first-order valence-corrected chi connectivity index (χ1v) is 0. The second kappa shape index (κ2) is 147. The average molecular weight is 1360 g/mol. The van der Waals surface area contributed by atoms with Gasteiger partial charge in [0.05, 0.1) is 0 Å². The molecule has 0 aliphatic carbocycles. The van der Waals surface area contributed by atoms with E-state index in [9.17, 15) is 0 Å². The normalized spacial score (nSPS) is 0. The van der Waals surface area contributed by atoms with E-state index >= 15 is 0 Å². The molecule has 4 radical (unpaired) electrons. The molecule has 0 aromatic rings. The minimum atomic E-state index is 0. The number of rotatable bonds is 0. The predicted molar refractivity (Wildman–Crippen MR) is 63.3 cm³/mol. The van der Waals surface area contributed by atoms with E-state index in [-0.39, 0.29) is 268 Å². The molecule has 0 aliphatic rings. The van der Waals surface area contributed by atoms with Gasteiger partial charge in [0.2, 0.25) is 0 Å². The Morgan fingerprint density at radius 1 is 0.267 bits per heavy atom. The Kier molecular flexibility index (Phi) is 1650. The summed E-state index contributed by atoms with van der Waals surface area (Å²) >= 11 is 0. The predicted octanol–water partition coefficient (Wildman–Crippen LogP) is -4.20. The van der Waals surface area contributed by atoms with Gasteiger partial charge >= 0.3 is 73.7 Å². The fourth-order valence-electron chi connectivity index (χ4n) is 0. The molecule has 0 spiro atoms. The van der Waals surface area contributed by atoms with Gasteiger partial charge in [0.15, 0.2) is 0 Å². The van der Waals surface area contributed by atoms with E-state index < -0.39 is 0 Å². The summed E-state index contributed by atoms with van der Waals surface area (Å²) in [5, 5.41) is 0. The van der Waals surface area contributed by atoms with Crippen molar-refractivity contribution >= 4 is 193 Å². The van der Waals surface area contributed by atoms with Crippen molar-refractivity contribution in [3.05, 3.63) is 0 Å². The Morgan fingerprint density at radius 3 is 0.267 bits per heavy atom. The van der Waals surface area contributed by atoms with E-state index in [2.05, 4.69) is 0 Å². The van der Waals surface area contributed by atoms with Crippen LogP contribution in [0.4, 0.5) is 0 Å². The standard InChI is InChI=1S/2Cu.2Ga.2Ir.9Se/q2*+2;2*+3;;;9*-2. The van der Waals surface area contributed by atoms with E-state index in [1.54, 1.807) is 0 Å². The molecule has 15 heavy (non-hydrogen) atoms. The summed E-state index contributed by atoms with van der Waals surface area (Å²) in [7, 11) is 0. The SMILES string of the molecule is [Cu+2].[Cu+2].[Ga+3].[Ga+3].[Ir].[Ir].[Se-2].[Se-2].[Se-2].[Se-2].[Se-2].[Se-2].[Se-2].[Se-2].[Se-2]. The monoisotopic (exact) mass is 1370 g/mol. The second-order valence-electron chi connectivity index (χ2n) is 0. The zero-order valence-corrected chi connectivity index (χ0v) is 33.0. The van der Waals surface area contributed by atoms with Crippen LogP contribution in [0.25, 0.3) is 0 Å². The van der Waals surface area contributed by atoms with Gasteiger partial charge in [-0.1, -0.05) is 0 Å². The third kappa shape index (κ3) is 134. The fourth-order valence-corrected chi connectivity index (χ4v) is 0. The van der Waals surface area contributed by atoms with Crippen LogP contribution in [0.3, 0.4) is 0 Å². The molecule has 0 aliphatic heterocycles. The van der Waals surface area contributed by atoms with Crippen molar-refractivity contribution in [2.45, 2.75) is 0 Å². The van der Waals surface area contributed by atoms with Gasteiger partial charge in [0, 0.05) is 40.2 Å². The van der Waals surface area contributed by atoms with Crippen LogP contribution in [0.15, 0.2) is 0 Å². The van der Waals surface area contributed by atoms with E-state index in [4.69, 9.17) is 0 Å². The van der Waals surface area contributed by atoms with Crippen molar-refractivity contribution in [2.75, 3.05) is 0 Å². The van der Waals surface area contributed by atoms with Crippen molar-refractivity contribution in [3.63, 3.8) is 0 Å². The molecule has 0 atom stereocenters. The molecule has 0 amide bonds. The van der Waals surface area contributed by atoms with E-state index in [0.29, 0.717) is 0 Å². The van der Waals surface area contributed by atoms with Crippen LogP contribution in [-0.4, -0.2) is 193 Å². The molecule has 0 fully saturated rings. The van der Waals surface area contributed by atoms with E-state index in [0.717, 1.165) is 0 Å². The quantitative estimate of drug-likeness (QED) is 0.217. The molecule has 0 saturated heterocycles. The molecule has 0 bridgehead atoms. The Bertz CT molecular complexity index is 24.1. The van der Waals surface area contributed by atoms with Crippen LogP contribution in [0.1, 0.15) is 0 Å². The number of hydrogen-bond acceptors (Lipinski definition) is 0. The van der Waals surface area contributed by atoms with Gasteiger partial charge in [-0.3, -0.25) is 0 Å². The summed E-state index contributed by atoms with van der Waals surface area (Å²) in [5.74, 6) is 0. The smallest absolute Gasteiger partial charge is 2.00 e. The van der Waals surface area contributed by atoms with Crippen LogP contribution >= 0.6 is 0 Å². The molecule has 0 aromatic carbocycles. The van der Waals surface area contributed by atoms with Gasteiger partial charge < -0.3 is 154 Å². The first kappa shape index (κ1) is 168. The zero-order valence-electron chi connectivity index (χ0n) is 6.10. The molecule has 0 aromatic heterocycles. The molecular formula is Cu2Ga2Ir2Se9-8. The average Bonchev–Trinajstić information content (AvgIpc) is 0. The van der Waals surface area contributed by atoms with Crippen LogP contribution < -0.4 is 0 Å².